The average molecular weight is 345 g/mol. The van der Waals surface area contributed by atoms with Gasteiger partial charge in [-0.2, -0.15) is 10.5 Å². The molecule has 0 aliphatic carbocycles. The normalized spacial score (nSPS) is 9.91. The first-order valence-corrected chi connectivity index (χ1v) is 6.96. The third-order valence-corrected chi connectivity index (χ3v) is 3.40. The number of halogens is 2. The summed E-state index contributed by atoms with van der Waals surface area (Å²) in [7, 11) is 3.02. The predicted octanol–water partition coefficient (Wildman–Crippen LogP) is 2.79. The highest BCUT2D eigenvalue weighted by molar-refractivity contribution is 6.44. The van der Waals surface area contributed by atoms with Crippen LogP contribution in [0.2, 0.25) is 10.0 Å². The molecule has 0 bridgehead atoms. The van der Waals surface area contributed by atoms with Gasteiger partial charge in [0.15, 0.2) is 11.5 Å². The number of ether oxygens (including phenoxy) is 4. The highest BCUT2D eigenvalue weighted by atomic mass is 35.5. The second kappa shape index (κ2) is 9.34. The minimum atomic E-state index is -0.0274. The summed E-state index contributed by atoms with van der Waals surface area (Å²) in [5.41, 5.74) is -0.0548. The Morgan fingerprint density at radius 1 is 0.773 bits per heavy atom. The number of methoxy groups -OCH3 is 2. The lowest BCUT2D eigenvalue weighted by atomic mass is 10.1. The Morgan fingerprint density at radius 3 is 1.41 bits per heavy atom. The summed E-state index contributed by atoms with van der Waals surface area (Å²) in [6.45, 7) is 0.922. The van der Waals surface area contributed by atoms with Crippen LogP contribution in [0.25, 0.3) is 0 Å². The molecule has 6 nitrogen and oxygen atoms in total. The number of nitriles is 2. The molecule has 1 aromatic rings. The Morgan fingerprint density at radius 2 is 1.14 bits per heavy atom. The fraction of sp³-hybridized carbons (Fsp3) is 0.429. The molecule has 0 radical (unpaired) electrons. The summed E-state index contributed by atoms with van der Waals surface area (Å²) < 4.78 is 20.5. The van der Waals surface area contributed by atoms with Crippen molar-refractivity contribution in [1.29, 1.82) is 10.5 Å². The van der Waals surface area contributed by atoms with Crippen LogP contribution in [0, 0.1) is 22.7 Å². The number of rotatable bonds is 8. The lowest BCUT2D eigenvalue weighted by molar-refractivity contribution is 0.144. The summed E-state index contributed by atoms with van der Waals surface area (Å²) in [6.07, 6.45) is 0. The standard InChI is InChI=1S/C14H14Cl2N2O4/c1-19-3-5-21-13-9(7-17)10(8-18)14(12(16)11(13)15)22-6-4-20-2/h3-6H2,1-2H3. The Labute approximate surface area is 138 Å². The molecule has 0 aliphatic heterocycles. The van der Waals surface area contributed by atoms with Crippen molar-refractivity contribution in [1.82, 2.24) is 0 Å². The zero-order valence-corrected chi connectivity index (χ0v) is 13.6. The number of hydrogen-bond acceptors (Lipinski definition) is 6. The number of hydrogen-bond donors (Lipinski definition) is 0. The van der Waals surface area contributed by atoms with E-state index in [1.165, 1.54) is 14.2 Å². The van der Waals surface area contributed by atoms with E-state index in [1.54, 1.807) is 0 Å². The predicted molar refractivity (Wildman–Crippen MR) is 80.6 cm³/mol. The molecule has 0 heterocycles. The van der Waals surface area contributed by atoms with E-state index in [4.69, 9.17) is 42.1 Å². The van der Waals surface area contributed by atoms with Crippen LogP contribution in [0.1, 0.15) is 11.1 Å². The molecule has 22 heavy (non-hydrogen) atoms. The van der Waals surface area contributed by atoms with Gasteiger partial charge >= 0.3 is 0 Å². The number of nitrogens with zero attached hydrogens (tertiary/aromatic N) is 2. The van der Waals surface area contributed by atoms with E-state index in [-0.39, 0.29) is 45.9 Å². The maximum Gasteiger partial charge on any atom is 0.158 e. The van der Waals surface area contributed by atoms with Crippen LogP contribution in [0.15, 0.2) is 0 Å². The van der Waals surface area contributed by atoms with E-state index in [0.717, 1.165) is 0 Å². The van der Waals surface area contributed by atoms with E-state index < -0.39 is 0 Å². The molecule has 1 aromatic carbocycles. The second-order valence-corrected chi connectivity index (χ2v) is 4.70. The summed E-state index contributed by atoms with van der Waals surface area (Å²) in [5.74, 6) is 0.0868. The van der Waals surface area contributed by atoms with Gasteiger partial charge in [-0.1, -0.05) is 23.2 Å². The minimum absolute atomic E-state index is 0.0146. The highest BCUT2D eigenvalue weighted by Gasteiger charge is 2.25. The third kappa shape index (κ3) is 4.16. The van der Waals surface area contributed by atoms with Crippen molar-refractivity contribution in [2.75, 3.05) is 40.6 Å². The summed E-state index contributed by atoms with van der Waals surface area (Å²) in [6, 6.07) is 3.80. The Hall–Kier alpha value is -1.70. The van der Waals surface area contributed by atoms with Gasteiger partial charge < -0.3 is 18.9 Å². The van der Waals surface area contributed by atoms with Gasteiger partial charge in [-0.3, -0.25) is 0 Å². The lowest BCUT2D eigenvalue weighted by Gasteiger charge is -2.16. The molecule has 1 rings (SSSR count). The second-order valence-electron chi connectivity index (χ2n) is 3.94. The van der Waals surface area contributed by atoms with Crippen LogP contribution in [0.3, 0.4) is 0 Å². The van der Waals surface area contributed by atoms with Crippen molar-refractivity contribution in [3.63, 3.8) is 0 Å². The van der Waals surface area contributed by atoms with Crippen molar-refractivity contribution >= 4 is 23.2 Å². The molecule has 8 heteroatoms. The van der Waals surface area contributed by atoms with Gasteiger partial charge in [0.25, 0.3) is 0 Å². The van der Waals surface area contributed by atoms with Crippen LogP contribution in [-0.2, 0) is 9.47 Å². The van der Waals surface area contributed by atoms with Crippen LogP contribution in [-0.4, -0.2) is 40.6 Å². The van der Waals surface area contributed by atoms with Crippen LogP contribution >= 0.6 is 23.2 Å². The topological polar surface area (TPSA) is 84.5 Å². The van der Waals surface area contributed by atoms with Gasteiger partial charge in [0.1, 0.15) is 46.5 Å². The van der Waals surface area contributed by atoms with E-state index in [1.807, 2.05) is 12.1 Å². The van der Waals surface area contributed by atoms with Crippen molar-refractivity contribution in [2.45, 2.75) is 0 Å². The summed E-state index contributed by atoms with van der Waals surface area (Å²) in [4.78, 5) is 0. The molecule has 0 spiro atoms. The first-order chi connectivity index (χ1) is 10.6. The van der Waals surface area contributed by atoms with Crippen molar-refractivity contribution in [2.24, 2.45) is 0 Å². The van der Waals surface area contributed by atoms with Gasteiger partial charge in [0.05, 0.1) is 13.2 Å². The Kier molecular flexibility index (Phi) is 7.79. The van der Waals surface area contributed by atoms with Gasteiger partial charge in [-0.15, -0.1) is 0 Å². The molecule has 0 N–H and O–H groups in total. The summed E-state index contributed by atoms with van der Waals surface area (Å²) in [5, 5.41) is 18.6. The van der Waals surface area contributed by atoms with Gasteiger partial charge in [-0.05, 0) is 0 Å². The Bertz CT molecular complexity index is 556. The van der Waals surface area contributed by atoms with Gasteiger partial charge in [-0.25, -0.2) is 0 Å². The van der Waals surface area contributed by atoms with Gasteiger partial charge in [0, 0.05) is 14.2 Å². The van der Waals surface area contributed by atoms with Crippen molar-refractivity contribution < 1.29 is 18.9 Å². The molecule has 0 fully saturated rings. The molecule has 0 saturated carbocycles. The lowest BCUT2D eigenvalue weighted by Crippen LogP contribution is -2.10. The van der Waals surface area contributed by atoms with E-state index >= 15 is 0 Å². The minimum Gasteiger partial charge on any atom is -0.488 e. The molecular formula is C14H14Cl2N2O4. The largest absolute Gasteiger partial charge is 0.488 e. The van der Waals surface area contributed by atoms with Crippen molar-refractivity contribution in [3.05, 3.63) is 21.2 Å². The molecule has 0 atom stereocenters. The van der Waals surface area contributed by atoms with Gasteiger partial charge in [0.2, 0.25) is 0 Å². The molecule has 0 saturated heterocycles. The molecule has 0 unspecified atom stereocenters. The molecule has 0 aliphatic rings. The first kappa shape index (κ1) is 18.3. The number of benzene rings is 1. The fourth-order valence-electron chi connectivity index (χ4n) is 1.58. The average Bonchev–Trinajstić information content (AvgIpc) is 2.53. The summed E-state index contributed by atoms with van der Waals surface area (Å²) >= 11 is 12.3. The van der Waals surface area contributed by atoms with E-state index in [0.29, 0.717) is 13.2 Å². The Balaban J connectivity index is 3.29. The first-order valence-electron chi connectivity index (χ1n) is 6.20. The van der Waals surface area contributed by atoms with E-state index in [9.17, 15) is 10.5 Å². The van der Waals surface area contributed by atoms with E-state index in [2.05, 4.69) is 0 Å². The monoisotopic (exact) mass is 344 g/mol. The van der Waals surface area contributed by atoms with Crippen molar-refractivity contribution in [3.8, 4) is 23.6 Å². The maximum atomic E-state index is 9.30. The molecule has 0 amide bonds. The SMILES string of the molecule is COCCOc1c(Cl)c(Cl)c(OCCOC)c(C#N)c1C#N. The molecule has 118 valence electrons. The molecular weight excluding hydrogens is 331 g/mol. The maximum absolute atomic E-state index is 9.30. The van der Waals surface area contributed by atoms with Crippen LogP contribution in [0.4, 0.5) is 0 Å². The van der Waals surface area contributed by atoms with Crippen LogP contribution in [0.5, 0.6) is 11.5 Å². The van der Waals surface area contributed by atoms with Crippen LogP contribution < -0.4 is 9.47 Å². The third-order valence-electron chi connectivity index (χ3n) is 2.59. The zero-order chi connectivity index (χ0) is 16.5. The fourth-order valence-corrected chi connectivity index (χ4v) is 2.05. The quantitative estimate of drug-likeness (QED) is 0.674. The smallest absolute Gasteiger partial charge is 0.158 e. The highest BCUT2D eigenvalue weighted by Crippen LogP contribution is 2.44. The molecule has 0 aromatic heterocycles. The zero-order valence-electron chi connectivity index (χ0n) is 12.1.